The summed E-state index contributed by atoms with van der Waals surface area (Å²) < 4.78 is 0. The molecule has 1 nitrogen and oxygen atoms in total. The molecule has 1 heteroatoms. The predicted molar refractivity (Wildman–Crippen MR) is 81.1 cm³/mol. The van der Waals surface area contributed by atoms with E-state index < -0.39 is 0 Å². The van der Waals surface area contributed by atoms with Crippen molar-refractivity contribution < 1.29 is 0 Å². The van der Waals surface area contributed by atoms with E-state index in [-0.39, 0.29) is 0 Å². The van der Waals surface area contributed by atoms with Crippen LogP contribution in [0, 0.1) is 0 Å². The van der Waals surface area contributed by atoms with Crippen LogP contribution in [0.1, 0.15) is 58.4 Å². The van der Waals surface area contributed by atoms with Gasteiger partial charge in [-0.2, -0.15) is 0 Å². The Morgan fingerprint density at radius 2 is 1.67 bits per heavy atom. The molecule has 0 aliphatic rings. The van der Waals surface area contributed by atoms with Crippen LogP contribution in [0.2, 0.25) is 0 Å². The van der Waals surface area contributed by atoms with Crippen molar-refractivity contribution in [3.05, 3.63) is 35.9 Å². The average Bonchev–Trinajstić information content (AvgIpc) is 2.43. The first kappa shape index (κ1) is 15.2. The lowest BCUT2D eigenvalue weighted by Gasteiger charge is -2.35. The van der Waals surface area contributed by atoms with Crippen molar-refractivity contribution in [3.8, 4) is 0 Å². The molecule has 18 heavy (non-hydrogen) atoms. The van der Waals surface area contributed by atoms with Crippen molar-refractivity contribution in [2.24, 2.45) is 0 Å². The average molecular weight is 247 g/mol. The highest BCUT2D eigenvalue weighted by Gasteiger charge is 2.23. The Balaban J connectivity index is 2.82. The van der Waals surface area contributed by atoms with Gasteiger partial charge in [0.05, 0.1) is 0 Å². The van der Waals surface area contributed by atoms with Crippen LogP contribution in [0.5, 0.6) is 0 Å². The Morgan fingerprint density at radius 3 is 2.17 bits per heavy atom. The second-order valence-corrected chi connectivity index (χ2v) is 5.18. The molecular formula is C17H29N. The number of hydrogen-bond acceptors (Lipinski definition) is 1. The maximum atomic E-state index is 2.65. The molecule has 0 bridgehead atoms. The molecule has 102 valence electrons. The number of rotatable bonds is 8. The molecule has 1 rings (SSSR count). The van der Waals surface area contributed by atoms with E-state index >= 15 is 0 Å². The highest BCUT2D eigenvalue weighted by molar-refractivity contribution is 5.20. The Labute approximate surface area is 113 Å². The van der Waals surface area contributed by atoms with Gasteiger partial charge in [0.1, 0.15) is 0 Å². The fraction of sp³-hybridized carbons (Fsp3) is 0.647. The van der Waals surface area contributed by atoms with Gasteiger partial charge >= 0.3 is 0 Å². The third-order valence-corrected chi connectivity index (χ3v) is 3.87. The molecule has 0 fully saturated rings. The van der Waals surface area contributed by atoms with Crippen LogP contribution in [0.25, 0.3) is 0 Å². The minimum Gasteiger partial charge on any atom is -0.300 e. The molecule has 0 aromatic heterocycles. The zero-order chi connectivity index (χ0) is 13.4. The third-order valence-electron chi connectivity index (χ3n) is 3.87. The summed E-state index contributed by atoms with van der Waals surface area (Å²) in [5, 5.41) is 0. The van der Waals surface area contributed by atoms with Crippen molar-refractivity contribution in [1.82, 2.24) is 4.90 Å². The highest BCUT2D eigenvalue weighted by Crippen LogP contribution is 2.26. The van der Waals surface area contributed by atoms with Crippen molar-refractivity contribution in [3.63, 3.8) is 0 Å². The smallest absolute Gasteiger partial charge is 0.0161 e. The molecule has 0 radical (unpaired) electrons. The summed E-state index contributed by atoms with van der Waals surface area (Å²) >= 11 is 0. The van der Waals surface area contributed by atoms with Crippen LogP contribution in [0.15, 0.2) is 30.3 Å². The van der Waals surface area contributed by atoms with Crippen molar-refractivity contribution in [2.75, 3.05) is 13.1 Å². The van der Waals surface area contributed by atoms with Crippen LogP contribution in [0.4, 0.5) is 0 Å². The zero-order valence-electron chi connectivity index (χ0n) is 12.5. The first-order chi connectivity index (χ1) is 8.74. The molecule has 0 aliphatic heterocycles. The first-order valence-electron chi connectivity index (χ1n) is 7.53. The molecule has 0 spiro atoms. The molecule has 0 N–H and O–H groups in total. The summed E-state index contributed by atoms with van der Waals surface area (Å²) in [7, 11) is 0. The Morgan fingerprint density at radius 1 is 1.00 bits per heavy atom. The van der Waals surface area contributed by atoms with Gasteiger partial charge in [-0.05, 0) is 37.4 Å². The molecule has 1 aromatic carbocycles. The van der Waals surface area contributed by atoms with E-state index in [0.717, 1.165) is 6.54 Å². The van der Waals surface area contributed by atoms with E-state index in [1.165, 1.54) is 31.4 Å². The number of nitrogens with zero attached hydrogens (tertiary/aromatic N) is 1. The van der Waals surface area contributed by atoms with Crippen LogP contribution in [-0.4, -0.2) is 24.0 Å². The first-order valence-corrected chi connectivity index (χ1v) is 7.53. The minimum absolute atomic E-state index is 0.623. The standard InChI is InChI=1S/C17H29N/c1-5-11-17(18(7-3)14-6-2)15(4)16-12-9-8-10-13-16/h8-10,12-13,15,17H,5-7,11,14H2,1-4H3. The van der Waals surface area contributed by atoms with Gasteiger partial charge in [0.2, 0.25) is 0 Å². The molecular weight excluding hydrogens is 218 g/mol. The lowest BCUT2D eigenvalue weighted by atomic mass is 9.89. The molecule has 0 saturated carbocycles. The van der Waals surface area contributed by atoms with Crippen LogP contribution in [0.3, 0.4) is 0 Å². The summed E-state index contributed by atoms with van der Waals surface area (Å²) in [6.07, 6.45) is 3.81. The number of likely N-dealkylation sites (N-methyl/N-ethyl adjacent to an activating group) is 1. The zero-order valence-corrected chi connectivity index (χ0v) is 12.5. The van der Waals surface area contributed by atoms with Gasteiger partial charge in [-0.25, -0.2) is 0 Å². The summed E-state index contributed by atoms with van der Waals surface area (Å²) in [5.74, 6) is 0.623. The van der Waals surface area contributed by atoms with Gasteiger partial charge < -0.3 is 4.90 Å². The molecule has 0 aliphatic carbocycles. The summed E-state index contributed by atoms with van der Waals surface area (Å²) in [4.78, 5) is 2.65. The molecule has 2 unspecified atom stereocenters. The van der Waals surface area contributed by atoms with Crippen molar-refractivity contribution in [1.29, 1.82) is 0 Å². The van der Waals surface area contributed by atoms with Gasteiger partial charge in [0.25, 0.3) is 0 Å². The lowest BCUT2D eigenvalue weighted by molar-refractivity contribution is 0.172. The summed E-state index contributed by atoms with van der Waals surface area (Å²) in [6.45, 7) is 11.6. The highest BCUT2D eigenvalue weighted by atomic mass is 15.1. The minimum atomic E-state index is 0.623. The van der Waals surface area contributed by atoms with E-state index in [2.05, 4.69) is 62.9 Å². The summed E-state index contributed by atoms with van der Waals surface area (Å²) in [5.41, 5.74) is 1.48. The largest absolute Gasteiger partial charge is 0.300 e. The van der Waals surface area contributed by atoms with E-state index in [1.807, 2.05) is 0 Å². The molecule has 0 amide bonds. The third kappa shape index (κ3) is 4.13. The number of hydrogen-bond donors (Lipinski definition) is 0. The molecule has 0 heterocycles. The maximum Gasteiger partial charge on any atom is 0.0161 e. The van der Waals surface area contributed by atoms with Gasteiger partial charge in [0, 0.05) is 6.04 Å². The van der Waals surface area contributed by atoms with Crippen molar-refractivity contribution >= 4 is 0 Å². The second-order valence-electron chi connectivity index (χ2n) is 5.18. The summed E-state index contributed by atoms with van der Waals surface area (Å²) in [6, 6.07) is 11.6. The van der Waals surface area contributed by atoms with Crippen LogP contribution in [-0.2, 0) is 0 Å². The Bertz CT molecular complexity index is 307. The van der Waals surface area contributed by atoms with E-state index in [1.54, 1.807) is 0 Å². The van der Waals surface area contributed by atoms with Crippen LogP contribution < -0.4 is 0 Å². The SMILES string of the molecule is CCCC(C(C)c1ccccc1)N(CC)CCC. The van der Waals surface area contributed by atoms with Crippen molar-refractivity contribution in [2.45, 2.75) is 58.9 Å². The Kier molecular flexibility index (Phi) is 7.04. The Hall–Kier alpha value is -0.820. The van der Waals surface area contributed by atoms with Gasteiger partial charge in [-0.3, -0.25) is 0 Å². The lowest BCUT2D eigenvalue weighted by Crippen LogP contribution is -2.39. The maximum absolute atomic E-state index is 2.65. The second kappa shape index (κ2) is 8.31. The van der Waals surface area contributed by atoms with E-state index in [9.17, 15) is 0 Å². The van der Waals surface area contributed by atoms with Crippen LogP contribution >= 0.6 is 0 Å². The topological polar surface area (TPSA) is 3.24 Å². The normalized spacial score (nSPS) is 14.7. The van der Waals surface area contributed by atoms with E-state index in [0.29, 0.717) is 12.0 Å². The van der Waals surface area contributed by atoms with Gasteiger partial charge in [-0.15, -0.1) is 0 Å². The fourth-order valence-corrected chi connectivity index (χ4v) is 2.87. The predicted octanol–water partition coefficient (Wildman–Crippen LogP) is 4.69. The van der Waals surface area contributed by atoms with E-state index in [4.69, 9.17) is 0 Å². The van der Waals surface area contributed by atoms with Gasteiger partial charge in [-0.1, -0.05) is 64.4 Å². The monoisotopic (exact) mass is 247 g/mol. The number of benzene rings is 1. The molecule has 1 aromatic rings. The fourth-order valence-electron chi connectivity index (χ4n) is 2.87. The van der Waals surface area contributed by atoms with Gasteiger partial charge in [0.15, 0.2) is 0 Å². The molecule has 2 atom stereocenters. The molecule has 0 saturated heterocycles. The quantitative estimate of drug-likeness (QED) is 0.644.